The quantitative estimate of drug-likeness (QED) is 0.856. The average molecular weight is 271 g/mol. The monoisotopic (exact) mass is 271 g/mol. The summed E-state index contributed by atoms with van der Waals surface area (Å²) in [6.07, 6.45) is 4.13. The summed E-state index contributed by atoms with van der Waals surface area (Å²) in [6.45, 7) is 0. The normalized spacial score (nSPS) is 17.2. The SMILES string of the molecule is Nc1cccc(F)c1CS(=O)(=O)CC1CCCC1. The van der Waals surface area contributed by atoms with Crippen molar-refractivity contribution in [3.63, 3.8) is 0 Å². The van der Waals surface area contributed by atoms with Crippen molar-refractivity contribution < 1.29 is 12.8 Å². The van der Waals surface area contributed by atoms with Gasteiger partial charge in [0, 0.05) is 11.3 Å². The minimum Gasteiger partial charge on any atom is -0.398 e. The van der Waals surface area contributed by atoms with Gasteiger partial charge in [-0.3, -0.25) is 0 Å². The number of benzene rings is 1. The van der Waals surface area contributed by atoms with Crippen LogP contribution in [-0.2, 0) is 15.6 Å². The predicted octanol–water partition coefficient (Wildman–Crippen LogP) is 2.51. The highest BCUT2D eigenvalue weighted by molar-refractivity contribution is 7.90. The van der Waals surface area contributed by atoms with Crippen LogP contribution in [-0.4, -0.2) is 14.2 Å². The van der Waals surface area contributed by atoms with Crippen LogP contribution in [0.5, 0.6) is 0 Å². The van der Waals surface area contributed by atoms with Gasteiger partial charge in [0.15, 0.2) is 9.84 Å². The highest BCUT2D eigenvalue weighted by Crippen LogP contribution is 2.28. The van der Waals surface area contributed by atoms with E-state index in [0.29, 0.717) is 0 Å². The van der Waals surface area contributed by atoms with Crippen molar-refractivity contribution in [3.05, 3.63) is 29.6 Å². The van der Waals surface area contributed by atoms with Crippen molar-refractivity contribution in [2.45, 2.75) is 31.4 Å². The molecule has 0 atom stereocenters. The number of halogens is 1. The standard InChI is InChI=1S/C13H18FNO2S/c14-12-6-3-7-13(15)11(12)9-18(16,17)8-10-4-1-2-5-10/h3,6-7,10H,1-2,4-5,8-9,15H2. The third-order valence-corrected chi connectivity index (χ3v) is 5.19. The van der Waals surface area contributed by atoms with Crippen LogP contribution in [0, 0.1) is 11.7 Å². The van der Waals surface area contributed by atoms with Crippen LogP contribution in [0.1, 0.15) is 31.2 Å². The molecule has 1 aromatic rings. The highest BCUT2D eigenvalue weighted by atomic mass is 32.2. The van der Waals surface area contributed by atoms with Crippen LogP contribution < -0.4 is 5.73 Å². The lowest BCUT2D eigenvalue weighted by atomic mass is 10.1. The Morgan fingerprint density at radius 3 is 2.56 bits per heavy atom. The first-order chi connectivity index (χ1) is 8.48. The number of nitrogen functional groups attached to an aromatic ring is 1. The average Bonchev–Trinajstić information content (AvgIpc) is 2.75. The summed E-state index contributed by atoms with van der Waals surface area (Å²) in [5, 5.41) is 0. The Morgan fingerprint density at radius 1 is 1.28 bits per heavy atom. The zero-order valence-corrected chi connectivity index (χ0v) is 11.0. The summed E-state index contributed by atoms with van der Waals surface area (Å²) in [4.78, 5) is 0. The fourth-order valence-electron chi connectivity index (χ4n) is 2.54. The number of hydrogen-bond acceptors (Lipinski definition) is 3. The fourth-order valence-corrected chi connectivity index (χ4v) is 4.46. The smallest absolute Gasteiger partial charge is 0.154 e. The molecule has 0 saturated heterocycles. The fraction of sp³-hybridized carbons (Fsp3) is 0.538. The summed E-state index contributed by atoms with van der Waals surface area (Å²) >= 11 is 0. The maximum atomic E-state index is 13.5. The van der Waals surface area contributed by atoms with Crippen molar-refractivity contribution in [1.29, 1.82) is 0 Å². The van der Waals surface area contributed by atoms with E-state index < -0.39 is 15.7 Å². The summed E-state index contributed by atoms with van der Waals surface area (Å²) in [6, 6.07) is 4.26. The number of anilines is 1. The van der Waals surface area contributed by atoms with Gasteiger partial charge in [0.1, 0.15) is 5.82 Å². The largest absolute Gasteiger partial charge is 0.398 e. The van der Waals surface area contributed by atoms with Crippen LogP contribution in [0.2, 0.25) is 0 Å². The third kappa shape index (κ3) is 3.22. The Hall–Kier alpha value is -1.10. The van der Waals surface area contributed by atoms with Crippen LogP contribution in [0.15, 0.2) is 18.2 Å². The van der Waals surface area contributed by atoms with Crippen LogP contribution in [0.25, 0.3) is 0 Å². The molecule has 0 spiro atoms. The summed E-state index contributed by atoms with van der Waals surface area (Å²) < 4.78 is 37.6. The van der Waals surface area contributed by atoms with Crippen LogP contribution >= 0.6 is 0 Å². The van der Waals surface area contributed by atoms with Crippen molar-refractivity contribution in [2.24, 2.45) is 5.92 Å². The van der Waals surface area contributed by atoms with Gasteiger partial charge in [-0.25, -0.2) is 12.8 Å². The maximum absolute atomic E-state index is 13.5. The van der Waals surface area contributed by atoms with E-state index in [-0.39, 0.29) is 28.7 Å². The first-order valence-electron chi connectivity index (χ1n) is 6.21. The van der Waals surface area contributed by atoms with Gasteiger partial charge in [-0.1, -0.05) is 18.9 Å². The van der Waals surface area contributed by atoms with Gasteiger partial charge >= 0.3 is 0 Å². The van der Waals surface area contributed by atoms with Crippen LogP contribution in [0.3, 0.4) is 0 Å². The van der Waals surface area contributed by atoms with Crippen molar-refractivity contribution in [3.8, 4) is 0 Å². The van der Waals surface area contributed by atoms with Crippen molar-refractivity contribution >= 4 is 15.5 Å². The van der Waals surface area contributed by atoms with Crippen molar-refractivity contribution in [2.75, 3.05) is 11.5 Å². The number of hydrogen-bond donors (Lipinski definition) is 1. The molecule has 2 rings (SSSR count). The molecule has 1 aliphatic carbocycles. The first-order valence-corrected chi connectivity index (χ1v) is 8.03. The lowest BCUT2D eigenvalue weighted by Gasteiger charge is -2.11. The molecule has 0 bridgehead atoms. The lowest BCUT2D eigenvalue weighted by molar-refractivity contribution is 0.555. The highest BCUT2D eigenvalue weighted by Gasteiger charge is 2.24. The van der Waals surface area contributed by atoms with E-state index in [1.807, 2.05) is 0 Å². The number of nitrogens with two attached hydrogens (primary N) is 1. The number of rotatable bonds is 4. The predicted molar refractivity (Wildman–Crippen MR) is 70.3 cm³/mol. The topological polar surface area (TPSA) is 60.2 Å². The molecule has 0 heterocycles. The third-order valence-electron chi connectivity index (χ3n) is 3.48. The Balaban J connectivity index is 2.12. The summed E-state index contributed by atoms with van der Waals surface area (Å²) in [5.74, 6) is -0.434. The summed E-state index contributed by atoms with van der Waals surface area (Å²) in [7, 11) is -3.28. The second kappa shape index (κ2) is 5.26. The Bertz CT molecular complexity index is 502. The summed E-state index contributed by atoms with van der Waals surface area (Å²) in [5.41, 5.74) is 5.95. The number of sulfone groups is 1. The molecule has 0 aromatic heterocycles. The van der Waals surface area contributed by atoms with E-state index in [4.69, 9.17) is 5.73 Å². The van der Waals surface area contributed by atoms with Crippen molar-refractivity contribution in [1.82, 2.24) is 0 Å². The van der Waals surface area contributed by atoms with Gasteiger partial charge < -0.3 is 5.73 Å². The molecule has 2 N–H and O–H groups in total. The van der Waals surface area contributed by atoms with E-state index in [1.54, 1.807) is 0 Å². The lowest BCUT2D eigenvalue weighted by Crippen LogP contribution is -2.17. The molecule has 1 saturated carbocycles. The minimum atomic E-state index is -3.28. The molecule has 0 aliphatic heterocycles. The first kappa shape index (κ1) is 13.3. The molecule has 5 heteroatoms. The Morgan fingerprint density at radius 2 is 1.94 bits per heavy atom. The van der Waals surface area contributed by atoms with E-state index in [2.05, 4.69) is 0 Å². The molecule has 100 valence electrons. The molecule has 1 aliphatic rings. The molecule has 1 aromatic carbocycles. The van der Waals surface area contributed by atoms with E-state index >= 15 is 0 Å². The van der Waals surface area contributed by atoms with Gasteiger partial charge in [-0.2, -0.15) is 0 Å². The van der Waals surface area contributed by atoms with Gasteiger partial charge in [-0.15, -0.1) is 0 Å². The Labute approximate surface area is 107 Å². The Kier molecular flexibility index (Phi) is 3.90. The van der Waals surface area contributed by atoms with Gasteiger partial charge in [0.05, 0.1) is 11.5 Å². The molecular weight excluding hydrogens is 253 g/mol. The second-order valence-electron chi connectivity index (χ2n) is 5.01. The zero-order chi connectivity index (χ0) is 13.2. The van der Waals surface area contributed by atoms with Gasteiger partial charge in [0.25, 0.3) is 0 Å². The molecule has 18 heavy (non-hydrogen) atoms. The zero-order valence-electron chi connectivity index (χ0n) is 10.2. The molecular formula is C13H18FNO2S. The molecule has 0 radical (unpaired) electrons. The molecule has 1 fully saturated rings. The van der Waals surface area contributed by atoms with Gasteiger partial charge in [0.2, 0.25) is 0 Å². The molecule has 0 amide bonds. The van der Waals surface area contributed by atoms with E-state index in [0.717, 1.165) is 25.7 Å². The van der Waals surface area contributed by atoms with E-state index in [1.165, 1.54) is 18.2 Å². The molecule has 3 nitrogen and oxygen atoms in total. The maximum Gasteiger partial charge on any atom is 0.154 e. The van der Waals surface area contributed by atoms with Gasteiger partial charge in [-0.05, 0) is 30.9 Å². The molecule has 0 unspecified atom stereocenters. The second-order valence-corrected chi connectivity index (χ2v) is 7.12. The minimum absolute atomic E-state index is 0.107. The van der Waals surface area contributed by atoms with E-state index in [9.17, 15) is 12.8 Å². The van der Waals surface area contributed by atoms with Crippen LogP contribution in [0.4, 0.5) is 10.1 Å².